The Bertz CT molecular complexity index is 640. The number of ether oxygens (including phenoxy) is 2. The van der Waals surface area contributed by atoms with Crippen molar-refractivity contribution in [1.29, 1.82) is 0 Å². The summed E-state index contributed by atoms with van der Waals surface area (Å²) in [5.41, 5.74) is 0.653. The van der Waals surface area contributed by atoms with Gasteiger partial charge in [-0.05, 0) is 42.7 Å². The van der Waals surface area contributed by atoms with Gasteiger partial charge in [-0.15, -0.1) is 0 Å². The van der Waals surface area contributed by atoms with Crippen LogP contribution in [0.3, 0.4) is 0 Å². The van der Waals surface area contributed by atoms with Gasteiger partial charge < -0.3 is 13.9 Å². The molecular formula is C18H27FO3S2Si. The molecule has 25 heavy (non-hydrogen) atoms. The maximum atomic E-state index is 14.6. The highest BCUT2D eigenvalue weighted by atomic mass is 32.2. The van der Waals surface area contributed by atoms with Crippen LogP contribution in [-0.2, 0) is 26.1 Å². The highest BCUT2D eigenvalue weighted by Gasteiger charge is 2.44. The smallest absolute Gasteiger partial charge is 0.220 e. The zero-order valence-corrected chi connectivity index (χ0v) is 18.4. The molecule has 0 atom stereocenters. The van der Waals surface area contributed by atoms with Crippen molar-refractivity contribution >= 4 is 36.7 Å². The van der Waals surface area contributed by atoms with Crippen molar-refractivity contribution in [3.05, 3.63) is 35.1 Å². The van der Waals surface area contributed by atoms with E-state index in [2.05, 4.69) is 33.9 Å². The monoisotopic (exact) mass is 402 g/mol. The molecule has 1 heterocycles. The summed E-state index contributed by atoms with van der Waals surface area (Å²) in [5, 5.41) is 0.0953. The summed E-state index contributed by atoms with van der Waals surface area (Å²) in [4.78, 5) is 0. The van der Waals surface area contributed by atoms with Gasteiger partial charge in [-0.25, -0.2) is 4.39 Å². The van der Waals surface area contributed by atoms with Crippen LogP contribution in [0, 0.1) is 5.82 Å². The molecule has 2 rings (SSSR count). The Labute approximate surface area is 160 Å². The summed E-state index contributed by atoms with van der Waals surface area (Å²) < 4.78 is 32.3. The van der Waals surface area contributed by atoms with E-state index in [1.54, 1.807) is 6.07 Å². The Morgan fingerprint density at radius 1 is 1.36 bits per heavy atom. The molecule has 1 aromatic carbocycles. The van der Waals surface area contributed by atoms with Crippen molar-refractivity contribution in [2.75, 3.05) is 19.5 Å². The van der Waals surface area contributed by atoms with Crippen molar-refractivity contribution in [3.63, 3.8) is 0 Å². The van der Waals surface area contributed by atoms with Crippen molar-refractivity contribution in [2.24, 2.45) is 0 Å². The number of thiocarbonyl (C=S) groups is 1. The largest absolute Gasteiger partial charge is 0.462 e. The van der Waals surface area contributed by atoms with Crippen LogP contribution in [0.15, 0.2) is 18.2 Å². The average Bonchev–Trinajstić information content (AvgIpc) is 2.48. The second-order valence-electron chi connectivity index (χ2n) is 7.90. The topological polar surface area (TPSA) is 27.7 Å². The zero-order valence-electron chi connectivity index (χ0n) is 15.8. The molecule has 140 valence electrons. The predicted octanol–water partition coefficient (Wildman–Crippen LogP) is 5.24. The van der Waals surface area contributed by atoms with Crippen LogP contribution < -0.4 is 0 Å². The quantitative estimate of drug-likeness (QED) is 0.496. The number of hydrogen-bond acceptors (Lipinski definition) is 5. The van der Waals surface area contributed by atoms with Crippen LogP contribution in [-0.4, -0.2) is 32.2 Å². The second kappa shape index (κ2) is 7.64. The minimum Gasteiger partial charge on any atom is -0.462 e. The molecule has 0 amide bonds. The molecule has 1 fully saturated rings. The summed E-state index contributed by atoms with van der Waals surface area (Å²) in [6.45, 7) is 11.9. The van der Waals surface area contributed by atoms with Gasteiger partial charge in [0.15, 0.2) is 13.9 Å². The average molecular weight is 403 g/mol. The van der Waals surface area contributed by atoms with Crippen LogP contribution in [0.2, 0.25) is 18.1 Å². The van der Waals surface area contributed by atoms with E-state index >= 15 is 0 Å². The van der Waals surface area contributed by atoms with E-state index in [0.29, 0.717) is 23.2 Å². The number of hydrogen-bond donors (Lipinski definition) is 0. The minimum absolute atomic E-state index is 0.0953. The molecule has 0 aromatic heterocycles. The van der Waals surface area contributed by atoms with Crippen LogP contribution >= 0.6 is 24.0 Å². The van der Waals surface area contributed by atoms with Gasteiger partial charge in [0.2, 0.25) is 4.38 Å². The lowest BCUT2D eigenvalue weighted by Crippen LogP contribution is -2.49. The number of halogens is 1. The van der Waals surface area contributed by atoms with Gasteiger partial charge in [0.25, 0.3) is 0 Å². The van der Waals surface area contributed by atoms with Gasteiger partial charge in [0, 0.05) is 11.1 Å². The van der Waals surface area contributed by atoms with E-state index in [1.165, 1.54) is 17.8 Å². The Balaban J connectivity index is 2.14. The van der Waals surface area contributed by atoms with Crippen molar-refractivity contribution in [3.8, 4) is 0 Å². The van der Waals surface area contributed by atoms with Gasteiger partial charge in [0.1, 0.15) is 5.82 Å². The molecule has 1 aliphatic rings. The lowest BCUT2D eigenvalue weighted by Gasteiger charge is -2.41. The van der Waals surface area contributed by atoms with E-state index in [1.807, 2.05) is 12.3 Å². The third kappa shape index (κ3) is 4.63. The number of benzene rings is 1. The Kier molecular flexibility index (Phi) is 6.37. The molecule has 0 unspecified atom stereocenters. The summed E-state index contributed by atoms with van der Waals surface area (Å²) in [7, 11) is -1.91. The second-order valence-corrected chi connectivity index (χ2v) is 14.1. The maximum absolute atomic E-state index is 14.6. The Hall–Kier alpha value is -0.473. The summed E-state index contributed by atoms with van der Waals surface area (Å²) in [5.74, 6) is -0.277. The molecule has 0 aliphatic carbocycles. The third-order valence-electron chi connectivity index (χ3n) is 5.09. The zero-order chi connectivity index (χ0) is 18.9. The van der Waals surface area contributed by atoms with Gasteiger partial charge in [0.05, 0.1) is 19.8 Å². The van der Waals surface area contributed by atoms with Gasteiger partial charge >= 0.3 is 0 Å². The highest BCUT2D eigenvalue weighted by molar-refractivity contribution is 8.22. The molecule has 0 saturated carbocycles. The van der Waals surface area contributed by atoms with Crippen LogP contribution in [0.1, 0.15) is 31.9 Å². The first-order chi connectivity index (χ1) is 11.5. The van der Waals surface area contributed by atoms with Crippen molar-refractivity contribution in [2.45, 2.75) is 51.1 Å². The lowest BCUT2D eigenvalue weighted by atomic mass is 9.91. The fourth-order valence-corrected chi connectivity index (χ4v) is 3.55. The Morgan fingerprint density at radius 3 is 2.44 bits per heavy atom. The predicted molar refractivity (Wildman–Crippen MR) is 108 cm³/mol. The first-order valence-electron chi connectivity index (χ1n) is 8.28. The minimum atomic E-state index is -1.91. The van der Waals surface area contributed by atoms with Crippen LogP contribution in [0.4, 0.5) is 4.39 Å². The van der Waals surface area contributed by atoms with Gasteiger partial charge in [-0.1, -0.05) is 44.7 Å². The molecule has 0 radical (unpaired) electrons. The fraction of sp³-hybridized carbons (Fsp3) is 0.611. The van der Waals surface area contributed by atoms with E-state index in [-0.39, 0.29) is 17.5 Å². The first kappa shape index (κ1) is 20.8. The summed E-state index contributed by atoms with van der Waals surface area (Å²) in [6.07, 6.45) is 1.86. The molecule has 1 aromatic rings. The van der Waals surface area contributed by atoms with Crippen LogP contribution in [0.25, 0.3) is 0 Å². The maximum Gasteiger partial charge on any atom is 0.220 e. The molecule has 7 heteroatoms. The molecule has 3 nitrogen and oxygen atoms in total. The SMILES string of the molecule is CSC(=S)OC1(c2ccc(CO[Si](C)(C)C(C)(C)C)c(F)c2)COC1. The van der Waals surface area contributed by atoms with Gasteiger partial charge in [-0.2, -0.15) is 0 Å². The normalized spacial score (nSPS) is 17.1. The highest BCUT2D eigenvalue weighted by Crippen LogP contribution is 2.38. The molecule has 0 N–H and O–H groups in total. The van der Waals surface area contributed by atoms with Gasteiger partial charge in [-0.3, -0.25) is 0 Å². The summed E-state index contributed by atoms with van der Waals surface area (Å²) >= 11 is 6.52. The van der Waals surface area contributed by atoms with E-state index in [4.69, 9.17) is 26.1 Å². The van der Waals surface area contributed by atoms with Crippen LogP contribution in [0.5, 0.6) is 0 Å². The number of thioether (sulfide) groups is 1. The first-order valence-corrected chi connectivity index (χ1v) is 12.8. The molecular weight excluding hydrogens is 375 g/mol. The fourth-order valence-electron chi connectivity index (χ4n) is 2.20. The van der Waals surface area contributed by atoms with E-state index in [9.17, 15) is 4.39 Å². The third-order valence-corrected chi connectivity index (χ3v) is 10.6. The lowest BCUT2D eigenvalue weighted by molar-refractivity contribution is -0.172. The molecule has 1 saturated heterocycles. The Morgan fingerprint density at radius 2 is 2.00 bits per heavy atom. The number of rotatable bonds is 5. The van der Waals surface area contributed by atoms with Crippen molar-refractivity contribution in [1.82, 2.24) is 0 Å². The molecule has 1 aliphatic heterocycles. The van der Waals surface area contributed by atoms with E-state index < -0.39 is 13.9 Å². The van der Waals surface area contributed by atoms with E-state index in [0.717, 1.165) is 5.56 Å². The molecule has 0 spiro atoms. The van der Waals surface area contributed by atoms with Crippen molar-refractivity contribution < 1.29 is 18.3 Å². The standard InChI is InChI=1S/C18H27FO3S2Si/c1-17(2,3)25(5,6)21-10-13-7-8-14(9-15(13)19)18(11-20-12-18)22-16(23)24-4/h7-9H,10-12H2,1-6H3. The molecule has 0 bridgehead atoms. The summed E-state index contributed by atoms with van der Waals surface area (Å²) in [6, 6.07) is 5.19.